The lowest BCUT2D eigenvalue weighted by Gasteiger charge is -2.29. The molecule has 2 unspecified atom stereocenters. The molecule has 2 N–H and O–H groups in total. The molecule has 3 aliphatic rings. The fourth-order valence-corrected chi connectivity index (χ4v) is 6.86. The van der Waals surface area contributed by atoms with E-state index in [9.17, 15) is 22.8 Å². The van der Waals surface area contributed by atoms with E-state index in [1.54, 1.807) is 40.2 Å². The average molecular weight is 615 g/mol. The number of methoxy groups -OCH3 is 1. The summed E-state index contributed by atoms with van der Waals surface area (Å²) in [6.45, 7) is 8.92. The highest BCUT2D eigenvalue weighted by molar-refractivity contribution is 7.91. The first kappa shape index (κ1) is 30.6. The van der Waals surface area contributed by atoms with Gasteiger partial charge in [0.1, 0.15) is 29.0 Å². The summed E-state index contributed by atoms with van der Waals surface area (Å²) in [5.41, 5.74) is -2.26. The Bertz CT molecular complexity index is 1550. The molecule has 12 nitrogen and oxygen atoms in total. The number of likely N-dealkylation sites (tertiary alicyclic amines) is 1. The van der Waals surface area contributed by atoms with E-state index in [4.69, 9.17) is 14.2 Å². The average Bonchev–Trinajstić information content (AvgIpc) is 3.86. The molecule has 1 aromatic carbocycles. The number of pyridine rings is 1. The Morgan fingerprint density at radius 1 is 1.19 bits per heavy atom. The van der Waals surface area contributed by atoms with Crippen molar-refractivity contribution in [2.75, 3.05) is 13.7 Å². The molecule has 13 heteroatoms. The SMILES string of the molecule is C=CCC1C[C@]1(NC(=O)C1C[C@@H](Oc2ncc(OC)c3ccccc23)CN1C(=O)OC(C)(C)C)C(=O)NS(=O)(=O)C1CC1. The second kappa shape index (κ2) is 11.3. The third-order valence-electron chi connectivity index (χ3n) is 7.92. The highest BCUT2D eigenvalue weighted by Gasteiger charge is 2.62. The molecule has 3 amide bonds. The highest BCUT2D eigenvalue weighted by Crippen LogP contribution is 2.47. The Hall–Kier alpha value is -3.87. The second-order valence-corrected chi connectivity index (χ2v) is 14.3. The van der Waals surface area contributed by atoms with E-state index in [0.29, 0.717) is 36.3 Å². The topological polar surface area (TPSA) is 153 Å². The molecule has 5 rings (SSSR count). The van der Waals surface area contributed by atoms with Gasteiger partial charge in [-0.25, -0.2) is 18.2 Å². The van der Waals surface area contributed by atoms with E-state index in [0.717, 1.165) is 5.39 Å². The van der Waals surface area contributed by atoms with Gasteiger partial charge in [-0.1, -0.05) is 24.3 Å². The van der Waals surface area contributed by atoms with Crippen molar-refractivity contribution < 1.29 is 37.0 Å². The molecule has 2 saturated carbocycles. The number of ether oxygens (including phenoxy) is 3. The molecule has 43 heavy (non-hydrogen) atoms. The number of hydrogen-bond acceptors (Lipinski definition) is 9. The number of rotatable bonds is 10. The first-order valence-electron chi connectivity index (χ1n) is 14.3. The van der Waals surface area contributed by atoms with Crippen LogP contribution in [0, 0.1) is 5.92 Å². The van der Waals surface area contributed by atoms with Gasteiger partial charge in [0.15, 0.2) is 0 Å². The third kappa shape index (κ3) is 6.41. The van der Waals surface area contributed by atoms with Crippen molar-refractivity contribution in [1.82, 2.24) is 19.9 Å². The third-order valence-corrected chi connectivity index (χ3v) is 9.74. The Kier molecular flexibility index (Phi) is 8.05. The largest absolute Gasteiger partial charge is 0.494 e. The Balaban J connectivity index is 1.39. The van der Waals surface area contributed by atoms with Gasteiger partial charge in [-0.05, 0) is 58.4 Å². The fourth-order valence-electron chi connectivity index (χ4n) is 5.50. The van der Waals surface area contributed by atoms with E-state index in [2.05, 4.69) is 21.6 Å². The number of benzene rings is 1. The molecule has 0 bridgehead atoms. The maximum Gasteiger partial charge on any atom is 0.411 e. The summed E-state index contributed by atoms with van der Waals surface area (Å²) in [4.78, 5) is 46.1. The van der Waals surface area contributed by atoms with Crippen LogP contribution in [0.15, 0.2) is 43.1 Å². The number of amides is 3. The van der Waals surface area contributed by atoms with Crippen molar-refractivity contribution in [3.63, 3.8) is 0 Å². The van der Waals surface area contributed by atoms with Gasteiger partial charge in [-0.2, -0.15) is 0 Å². The van der Waals surface area contributed by atoms with Crippen LogP contribution in [0.2, 0.25) is 0 Å². The summed E-state index contributed by atoms with van der Waals surface area (Å²) in [7, 11) is -2.28. The van der Waals surface area contributed by atoms with Gasteiger partial charge < -0.3 is 19.5 Å². The molecule has 0 radical (unpaired) electrons. The zero-order chi connectivity index (χ0) is 31.2. The van der Waals surface area contributed by atoms with Gasteiger partial charge >= 0.3 is 6.09 Å². The quantitative estimate of drug-likeness (QED) is 0.385. The minimum Gasteiger partial charge on any atom is -0.494 e. The van der Waals surface area contributed by atoms with Crippen LogP contribution in [-0.2, 0) is 24.3 Å². The number of sulfonamides is 1. The fraction of sp³-hybridized carbons (Fsp3) is 0.533. The molecule has 3 fully saturated rings. The highest BCUT2D eigenvalue weighted by atomic mass is 32.2. The van der Waals surface area contributed by atoms with Crippen LogP contribution in [0.5, 0.6) is 11.6 Å². The lowest BCUT2D eigenvalue weighted by Crippen LogP contribution is -2.57. The van der Waals surface area contributed by atoms with Gasteiger partial charge in [0.25, 0.3) is 5.91 Å². The van der Waals surface area contributed by atoms with E-state index in [1.807, 2.05) is 24.3 Å². The Morgan fingerprint density at radius 2 is 1.88 bits per heavy atom. The summed E-state index contributed by atoms with van der Waals surface area (Å²) < 4.78 is 44.5. The van der Waals surface area contributed by atoms with Crippen LogP contribution in [0.4, 0.5) is 4.79 Å². The van der Waals surface area contributed by atoms with Crippen LogP contribution in [0.25, 0.3) is 10.8 Å². The summed E-state index contributed by atoms with van der Waals surface area (Å²) in [6, 6.07) is 6.39. The molecule has 2 heterocycles. The number of allylic oxidation sites excluding steroid dienone is 1. The first-order valence-corrected chi connectivity index (χ1v) is 15.9. The van der Waals surface area contributed by atoms with Crippen molar-refractivity contribution in [3.05, 3.63) is 43.1 Å². The second-order valence-electron chi connectivity index (χ2n) is 12.4. The Morgan fingerprint density at radius 3 is 2.51 bits per heavy atom. The van der Waals surface area contributed by atoms with Crippen molar-refractivity contribution in [3.8, 4) is 11.6 Å². The zero-order valence-electron chi connectivity index (χ0n) is 24.8. The van der Waals surface area contributed by atoms with Crippen molar-refractivity contribution in [2.45, 2.75) is 81.4 Å². The van der Waals surface area contributed by atoms with Crippen LogP contribution in [0.3, 0.4) is 0 Å². The van der Waals surface area contributed by atoms with E-state index in [1.165, 1.54) is 4.90 Å². The van der Waals surface area contributed by atoms with Crippen LogP contribution < -0.4 is 19.5 Å². The number of nitrogens with one attached hydrogen (secondary N) is 2. The number of aromatic nitrogens is 1. The standard InChI is InChI=1S/C30H38N4O8S/c1-6-9-18-15-30(18,27(36)33-43(38,39)20-12-13-20)32-25(35)23-14-19(17-34(23)28(37)42-29(2,3)4)41-26-22-11-8-7-10-21(22)24(40-5)16-31-26/h6-8,10-11,16,18-20,23H,1,9,12-15,17H2,2-5H3,(H,32,35)(H,33,36)/t18?,19-,23?,30-/m1/s1. The van der Waals surface area contributed by atoms with E-state index >= 15 is 0 Å². The molecule has 1 aromatic heterocycles. The van der Waals surface area contributed by atoms with Gasteiger partial charge in [-0.15, -0.1) is 6.58 Å². The lowest BCUT2D eigenvalue weighted by atomic mass is 10.1. The molecule has 0 spiro atoms. The summed E-state index contributed by atoms with van der Waals surface area (Å²) in [5.74, 6) is -0.812. The maximum atomic E-state index is 13.8. The number of carbonyl (C=O) groups excluding carboxylic acids is 3. The minimum absolute atomic E-state index is 0.0282. The Labute approximate surface area is 251 Å². The zero-order valence-corrected chi connectivity index (χ0v) is 25.6. The molecular weight excluding hydrogens is 576 g/mol. The molecule has 232 valence electrons. The predicted molar refractivity (Wildman–Crippen MR) is 158 cm³/mol. The number of nitrogens with zero attached hydrogens (tertiary/aromatic N) is 2. The monoisotopic (exact) mass is 614 g/mol. The molecule has 1 aliphatic heterocycles. The van der Waals surface area contributed by atoms with Gasteiger partial charge in [0, 0.05) is 17.2 Å². The van der Waals surface area contributed by atoms with Gasteiger partial charge in [-0.3, -0.25) is 19.2 Å². The van der Waals surface area contributed by atoms with Crippen molar-refractivity contribution in [1.29, 1.82) is 0 Å². The van der Waals surface area contributed by atoms with E-state index < -0.39 is 56.5 Å². The summed E-state index contributed by atoms with van der Waals surface area (Å²) >= 11 is 0. The van der Waals surface area contributed by atoms with Crippen LogP contribution in [-0.4, -0.2) is 78.4 Å². The summed E-state index contributed by atoms with van der Waals surface area (Å²) in [6.07, 6.45) is 3.56. The summed E-state index contributed by atoms with van der Waals surface area (Å²) in [5, 5.41) is 3.70. The van der Waals surface area contributed by atoms with Gasteiger partial charge in [0.2, 0.25) is 21.8 Å². The normalized spacial score (nSPS) is 25.1. The van der Waals surface area contributed by atoms with Crippen LogP contribution in [0.1, 0.15) is 52.9 Å². The minimum atomic E-state index is -3.83. The maximum absolute atomic E-state index is 13.8. The smallest absolute Gasteiger partial charge is 0.411 e. The van der Waals surface area contributed by atoms with E-state index in [-0.39, 0.29) is 25.3 Å². The van der Waals surface area contributed by atoms with Crippen molar-refractivity contribution in [2.24, 2.45) is 5.92 Å². The van der Waals surface area contributed by atoms with Crippen molar-refractivity contribution >= 4 is 38.7 Å². The molecule has 2 aromatic rings. The number of fused-ring (bicyclic) bond motifs is 1. The molecule has 1 saturated heterocycles. The first-order chi connectivity index (χ1) is 20.3. The predicted octanol–water partition coefficient (Wildman–Crippen LogP) is 3.06. The van der Waals surface area contributed by atoms with Gasteiger partial charge in [0.05, 0.1) is 25.1 Å². The molecular formula is C30H38N4O8S. The lowest BCUT2D eigenvalue weighted by molar-refractivity contribution is -0.131. The molecule has 4 atom stereocenters. The number of carbonyl (C=O) groups is 3. The van der Waals surface area contributed by atoms with Crippen LogP contribution >= 0.6 is 0 Å². The molecule has 2 aliphatic carbocycles. The number of hydrogen-bond donors (Lipinski definition) is 2.